The van der Waals surface area contributed by atoms with E-state index >= 15 is 0 Å². The third kappa shape index (κ3) is 1.95. The minimum Gasteiger partial charge on any atom is -0.397 e. The normalized spacial score (nSPS) is 20.1. The molecule has 18 heavy (non-hydrogen) atoms. The first-order valence-corrected chi connectivity index (χ1v) is 7.04. The van der Waals surface area contributed by atoms with E-state index in [9.17, 15) is 4.79 Å². The Kier molecular flexibility index (Phi) is 2.91. The molecule has 6 heteroatoms. The Morgan fingerprint density at radius 3 is 2.56 bits per heavy atom. The minimum absolute atomic E-state index is 0.418. The quantitative estimate of drug-likeness (QED) is 0.860. The predicted molar refractivity (Wildman–Crippen MR) is 72.3 cm³/mol. The summed E-state index contributed by atoms with van der Waals surface area (Å²) in [5.74, 6) is 0.103. The number of thiophene rings is 1. The Bertz CT molecular complexity index is 476. The summed E-state index contributed by atoms with van der Waals surface area (Å²) < 4.78 is 5.36. The molecule has 1 saturated heterocycles. The summed E-state index contributed by atoms with van der Waals surface area (Å²) in [6.07, 6.45) is 2.33. The topological polar surface area (TPSA) is 81.6 Å². The number of nitrogens with two attached hydrogens (primary N) is 2. The van der Waals surface area contributed by atoms with Gasteiger partial charge >= 0.3 is 0 Å². The van der Waals surface area contributed by atoms with E-state index in [1.165, 1.54) is 11.3 Å². The average Bonchev–Trinajstić information content (AvgIpc) is 3.14. The fraction of sp³-hybridized carbons (Fsp3) is 0.583. The maximum atomic E-state index is 11.4. The van der Waals surface area contributed by atoms with E-state index in [0.29, 0.717) is 16.5 Å². The van der Waals surface area contributed by atoms with Crippen molar-refractivity contribution in [2.24, 2.45) is 5.73 Å². The fourth-order valence-electron chi connectivity index (χ4n) is 2.40. The van der Waals surface area contributed by atoms with Crippen molar-refractivity contribution in [2.45, 2.75) is 18.8 Å². The molecular formula is C12H17N3O2S. The highest BCUT2D eigenvalue weighted by Gasteiger charge is 2.34. The lowest BCUT2D eigenvalue weighted by Crippen LogP contribution is -2.36. The summed E-state index contributed by atoms with van der Waals surface area (Å²) in [4.78, 5) is 14.2. The minimum atomic E-state index is -0.418. The van der Waals surface area contributed by atoms with Crippen LogP contribution in [-0.4, -0.2) is 32.2 Å². The number of nitrogens with zero attached hydrogens (tertiary/aromatic N) is 1. The van der Waals surface area contributed by atoms with Gasteiger partial charge in [-0.15, -0.1) is 11.3 Å². The molecular weight excluding hydrogens is 250 g/mol. The molecule has 4 N–H and O–H groups in total. The standard InChI is InChI=1S/C12H17N3O2S/c13-9-8(7-1-2-7)12(18-10(9)11(14)16)15-3-5-17-6-4-15/h7H,1-6,13H2,(H2,14,16). The summed E-state index contributed by atoms with van der Waals surface area (Å²) in [5.41, 5.74) is 13.3. The van der Waals surface area contributed by atoms with Gasteiger partial charge in [0.2, 0.25) is 0 Å². The number of hydrogen-bond donors (Lipinski definition) is 2. The molecule has 0 radical (unpaired) electrons. The molecule has 0 atom stereocenters. The predicted octanol–water partition coefficient (Wildman–Crippen LogP) is 1.14. The highest BCUT2D eigenvalue weighted by molar-refractivity contribution is 7.18. The number of ether oxygens (including phenoxy) is 1. The maximum absolute atomic E-state index is 11.4. The highest BCUT2D eigenvalue weighted by Crippen LogP contribution is 2.51. The molecule has 1 saturated carbocycles. The molecule has 1 aromatic heterocycles. The zero-order valence-electron chi connectivity index (χ0n) is 10.1. The molecule has 0 unspecified atom stereocenters. The number of carbonyl (C=O) groups is 1. The lowest BCUT2D eigenvalue weighted by molar-refractivity contribution is 0.100. The van der Waals surface area contributed by atoms with E-state index in [-0.39, 0.29) is 0 Å². The lowest BCUT2D eigenvalue weighted by atomic mass is 10.1. The number of carbonyl (C=O) groups excluding carboxylic acids is 1. The number of primary amides is 1. The van der Waals surface area contributed by atoms with E-state index in [0.717, 1.165) is 49.7 Å². The van der Waals surface area contributed by atoms with Gasteiger partial charge in [-0.2, -0.15) is 0 Å². The third-order valence-corrected chi connectivity index (χ3v) is 4.77. The van der Waals surface area contributed by atoms with Crippen molar-refractivity contribution in [1.82, 2.24) is 0 Å². The van der Waals surface area contributed by atoms with Gasteiger partial charge in [-0.1, -0.05) is 0 Å². The molecule has 0 aromatic carbocycles. The monoisotopic (exact) mass is 267 g/mol. The number of morpholine rings is 1. The maximum Gasteiger partial charge on any atom is 0.260 e. The van der Waals surface area contributed by atoms with Gasteiger partial charge in [0.25, 0.3) is 5.91 Å². The lowest BCUT2D eigenvalue weighted by Gasteiger charge is -2.28. The third-order valence-electron chi connectivity index (χ3n) is 3.47. The van der Waals surface area contributed by atoms with Gasteiger partial charge in [0.1, 0.15) is 4.88 Å². The van der Waals surface area contributed by atoms with Gasteiger partial charge in [-0.25, -0.2) is 0 Å². The number of hydrogen-bond acceptors (Lipinski definition) is 5. The number of anilines is 2. The second-order valence-corrected chi connectivity index (χ2v) is 5.80. The van der Waals surface area contributed by atoms with Crippen LogP contribution < -0.4 is 16.4 Å². The van der Waals surface area contributed by atoms with Crippen molar-refractivity contribution < 1.29 is 9.53 Å². The molecule has 0 bridgehead atoms. The first-order chi connectivity index (χ1) is 8.68. The molecule has 1 amide bonds. The van der Waals surface area contributed by atoms with E-state index < -0.39 is 5.91 Å². The first-order valence-electron chi connectivity index (χ1n) is 6.23. The van der Waals surface area contributed by atoms with Crippen molar-refractivity contribution in [1.29, 1.82) is 0 Å². The van der Waals surface area contributed by atoms with Crippen molar-refractivity contribution in [3.8, 4) is 0 Å². The summed E-state index contributed by atoms with van der Waals surface area (Å²) in [6, 6.07) is 0. The van der Waals surface area contributed by atoms with Gasteiger partial charge in [-0.05, 0) is 18.8 Å². The smallest absolute Gasteiger partial charge is 0.260 e. The Morgan fingerprint density at radius 1 is 1.33 bits per heavy atom. The van der Waals surface area contributed by atoms with Crippen LogP contribution in [0.2, 0.25) is 0 Å². The van der Waals surface area contributed by atoms with Gasteiger partial charge in [0.15, 0.2) is 0 Å². The Hall–Kier alpha value is -1.27. The van der Waals surface area contributed by atoms with Crippen LogP contribution in [0.4, 0.5) is 10.7 Å². The number of rotatable bonds is 3. The molecule has 2 fully saturated rings. The van der Waals surface area contributed by atoms with Gasteiger partial charge in [-0.3, -0.25) is 4.79 Å². The largest absolute Gasteiger partial charge is 0.397 e. The highest BCUT2D eigenvalue weighted by atomic mass is 32.1. The molecule has 3 rings (SSSR count). The molecule has 5 nitrogen and oxygen atoms in total. The summed E-state index contributed by atoms with van der Waals surface area (Å²) in [7, 11) is 0. The van der Waals surface area contributed by atoms with Crippen LogP contribution in [-0.2, 0) is 4.74 Å². The second kappa shape index (κ2) is 4.44. The molecule has 0 spiro atoms. The van der Waals surface area contributed by atoms with Crippen LogP contribution >= 0.6 is 11.3 Å². The van der Waals surface area contributed by atoms with Crippen LogP contribution in [0.25, 0.3) is 0 Å². The van der Waals surface area contributed by atoms with Crippen molar-refractivity contribution in [3.63, 3.8) is 0 Å². The van der Waals surface area contributed by atoms with Crippen LogP contribution in [0.1, 0.15) is 34.0 Å². The Labute approximate surface area is 110 Å². The molecule has 1 aliphatic carbocycles. The van der Waals surface area contributed by atoms with Gasteiger partial charge in [0, 0.05) is 18.7 Å². The Balaban J connectivity index is 2.00. The summed E-state index contributed by atoms with van der Waals surface area (Å²) >= 11 is 1.44. The molecule has 2 heterocycles. The van der Waals surface area contributed by atoms with Crippen LogP contribution in [0.3, 0.4) is 0 Å². The average molecular weight is 267 g/mol. The SMILES string of the molecule is NC(=O)c1sc(N2CCOCC2)c(C2CC2)c1N. The molecule has 2 aliphatic rings. The van der Waals surface area contributed by atoms with Crippen LogP contribution in [0.15, 0.2) is 0 Å². The number of nitrogen functional groups attached to an aromatic ring is 1. The first kappa shape index (κ1) is 11.8. The van der Waals surface area contributed by atoms with Crippen LogP contribution in [0.5, 0.6) is 0 Å². The molecule has 98 valence electrons. The summed E-state index contributed by atoms with van der Waals surface area (Å²) in [5, 5.41) is 1.13. The zero-order valence-corrected chi connectivity index (χ0v) is 11.0. The number of amides is 1. The van der Waals surface area contributed by atoms with Gasteiger partial charge < -0.3 is 21.1 Å². The van der Waals surface area contributed by atoms with E-state index in [1.54, 1.807) is 0 Å². The summed E-state index contributed by atoms with van der Waals surface area (Å²) in [6.45, 7) is 3.18. The fourth-order valence-corrected chi connectivity index (χ4v) is 3.61. The van der Waals surface area contributed by atoms with E-state index in [1.807, 2.05) is 0 Å². The van der Waals surface area contributed by atoms with Crippen molar-refractivity contribution >= 4 is 27.9 Å². The Morgan fingerprint density at radius 2 is 2.00 bits per heavy atom. The van der Waals surface area contributed by atoms with Gasteiger partial charge in [0.05, 0.1) is 23.9 Å². The van der Waals surface area contributed by atoms with Crippen LogP contribution in [0, 0.1) is 0 Å². The second-order valence-electron chi connectivity index (χ2n) is 4.80. The molecule has 1 aliphatic heterocycles. The molecule has 1 aromatic rings. The van der Waals surface area contributed by atoms with Crippen molar-refractivity contribution in [2.75, 3.05) is 36.9 Å². The van der Waals surface area contributed by atoms with E-state index in [2.05, 4.69) is 4.90 Å². The zero-order chi connectivity index (χ0) is 12.7. The van der Waals surface area contributed by atoms with E-state index in [4.69, 9.17) is 16.2 Å². The van der Waals surface area contributed by atoms with Crippen molar-refractivity contribution in [3.05, 3.63) is 10.4 Å².